The number of nitrogens with two attached hydrogens (primary N) is 1. The standard InChI is InChI=1S/C11H18N4O/c1-14(7-9-3-2-4-9)11(16)8-15-6-5-10(12)13-15/h5-6,9H,2-4,7-8H2,1H3,(H2,12,13). The molecule has 16 heavy (non-hydrogen) atoms. The molecule has 2 rings (SSSR count). The average molecular weight is 222 g/mol. The smallest absolute Gasteiger partial charge is 0.244 e. The van der Waals surface area contributed by atoms with Crippen molar-refractivity contribution < 1.29 is 4.79 Å². The molecule has 5 nitrogen and oxygen atoms in total. The molecule has 0 unspecified atom stereocenters. The molecule has 1 aromatic rings. The van der Waals surface area contributed by atoms with E-state index in [1.54, 1.807) is 21.8 Å². The predicted octanol–water partition coefficient (Wildman–Crippen LogP) is 0.724. The third-order valence-electron chi connectivity index (χ3n) is 3.14. The summed E-state index contributed by atoms with van der Waals surface area (Å²) in [6.07, 6.45) is 5.55. The summed E-state index contributed by atoms with van der Waals surface area (Å²) < 4.78 is 1.58. The first-order valence-corrected chi connectivity index (χ1v) is 5.68. The van der Waals surface area contributed by atoms with Crippen LogP contribution in [0.15, 0.2) is 12.3 Å². The summed E-state index contributed by atoms with van der Waals surface area (Å²) in [6, 6.07) is 1.69. The van der Waals surface area contributed by atoms with E-state index in [9.17, 15) is 4.79 Å². The Balaban J connectivity index is 1.82. The van der Waals surface area contributed by atoms with Crippen molar-refractivity contribution in [2.75, 3.05) is 19.3 Å². The second-order valence-electron chi connectivity index (χ2n) is 4.51. The predicted molar refractivity (Wildman–Crippen MR) is 61.6 cm³/mol. The van der Waals surface area contributed by atoms with E-state index in [2.05, 4.69) is 5.10 Å². The van der Waals surface area contributed by atoms with Gasteiger partial charge >= 0.3 is 0 Å². The fraction of sp³-hybridized carbons (Fsp3) is 0.636. The largest absolute Gasteiger partial charge is 0.382 e. The fourth-order valence-corrected chi connectivity index (χ4v) is 1.89. The molecule has 0 radical (unpaired) electrons. The molecule has 0 aromatic carbocycles. The third kappa shape index (κ3) is 2.53. The van der Waals surface area contributed by atoms with Gasteiger partial charge in [0.2, 0.25) is 5.91 Å². The molecule has 1 heterocycles. The number of amides is 1. The van der Waals surface area contributed by atoms with Crippen LogP contribution in [0.5, 0.6) is 0 Å². The highest BCUT2D eigenvalue weighted by molar-refractivity contribution is 5.75. The van der Waals surface area contributed by atoms with Crippen molar-refractivity contribution in [1.29, 1.82) is 0 Å². The summed E-state index contributed by atoms with van der Waals surface area (Å²) in [6.45, 7) is 1.15. The zero-order valence-electron chi connectivity index (χ0n) is 9.59. The summed E-state index contributed by atoms with van der Waals surface area (Å²) in [5, 5.41) is 3.99. The van der Waals surface area contributed by atoms with E-state index in [1.807, 2.05) is 7.05 Å². The molecule has 0 bridgehead atoms. The maximum atomic E-state index is 11.8. The Morgan fingerprint density at radius 3 is 2.94 bits per heavy atom. The van der Waals surface area contributed by atoms with E-state index in [1.165, 1.54) is 19.3 Å². The molecule has 0 atom stereocenters. The van der Waals surface area contributed by atoms with Crippen LogP contribution < -0.4 is 5.73 Å². The Morgan fingerprint density at radius 1 is 1.69 bits per heavy atom. The van der Waals surface area contributed by atoms with Crippen molar-refractivity contribution in [3.05, 3.63) is 12.3 Å². The SMILES string of the molecule is CN(CC1CCC1)C(=O)Cn1ccc(N)n1. The highest BCUT2D eigenvalue weighted by Gasteiger charge is 2.21. The summed E-state index contributed by atoms with van der Waals surface area (Å²) in [5.41, 5.74) is 5.48. The highest BCUT2D eigenvalue weighted by Crippen LogP contribution is 2.26. The molecule has 1 aromatic heterocycles. The summed E-state index contributed by atoms with van der Waals surface area (Å²) in [4.78, 5) is 13.6. The number of likely N-dealkylation sites (N-methyl/N-ethyl adjacent to an activating group) is 1. The number of aromatic nitrogens is 2. The number of hydrogen-bond donors (Lipinski definition) is 1. The van der Waals surface area contributed by atoms with Gasteiger partial charge in [0.15, 0.2) is 0 Å². The Labute approximate surface area is 95.2 Å². The first-order valence-electron chi connectivity index (χ1n) is 5.68. The van der Waals surface area contributed by atoms with Crippen molar-refractivity contribution in [2.45, 2.75) is 25.8 Å². The van der Waals surface area contributed by atoms with E-state index in [0.717, 1.165) is 6.54 Å². The molecule has 1 saturated carbocycles. The van der Waals surface area contributed by atoms with Crippen LogP contribution in [0.3, 0.4) is 0 Å². The van der Waals surface area contributed by atoms with Crippen LogP contribution in [0.25, 0.3) is 0 Å². The normalized spacial score (nSPS) is 15.8. The lowest BCUT2D eigenvalue weighted by molar-refractivity contribution is -0.131. The minimum Gasteiger partial charge on any atom is -0.382 e. The second kappa shape index (κ2) is 4.55. The van der Waals surface area contributed by atoms with Crippen LogP contribution in [0.4, 0.5) is 5.82 Å². The van der Waals surface area contributed by atoms with Gasteiger partial charge in [0.1, 0.15) is 12.4 Å². The van der Waals surface area contributed by atoms with E-state index in [-0.39, 0.29) is 12.5 Å². The molecular formula is C11H18N4O. The maximum absolute atomic E-state index is 11.8. The number of anilines is 1. The molecule has 1 amide bonds. The number of nitrogen functional groups attached to an aromatic ring is 1. The molecule has 1 aliphatic carbocycles. The third-order valence-corrected chi connectivity index (χ3v) is 3.14. The van der Waals surface area contributed by atoms with Gasteiger partial charge in [0.05, 0.1) is 0 Å². The van der Waals surface area contributed by atoms with E-state index >= 15 is 0 Å². The van der Waals surface area contributed by atoms with Crippen LogP contribution in [-0.2, 0) is 11.3 Å². The molecular weight excluding hydrogens is 204 g/mol. The number of carbonyl (C=O) groups is 1. The van der Waals surface area contributed by atoms with Crippen LogP contribution in [0, 0.1) is 5.92 Å². The zero-order valence-corrected chi connectivity index (χ0v) is 9.59. The zero-order chi connectivity index (χ0) is 11.5. The van der Waals surface area contributed by atoms with Gasteiger partial charge in [-0.3, -0.25) is 9.48 Å². The van der Waals surface area contributed by atoms with Crippen molar-refractivity contribution in [2.24, 2.45) is 5.92 Å². The Morgan fingerprint density at radius 2 is 2.44 bits per heavy atom. The summed E-state index contributed by atoms with van der Waals surface area (Å²) >= 11 is 0. The summed E-state index contributed by atoms with van der Waals surface area (Å²) in [5.74, 6) is 1.25. The van der Waals surface area contributed by atoms with Crippen LogP contribution in [0.2, 0.25) is 0 Å². The van der Waals surface area contributed by atoms with Crippen LogP contribution >= 0.6 is 0 Å². The first kappa shape index (κ1) is 11.0. The van der Waals surface area contributed by atoms with Gasteiger partial charge in [0.25, 0.3) is 0 Å². The lowest BCUT2D eigenvalue weighted by Gasteiger charge is -2.30. The van der Waals surface area contributed by atoms with Crippen molar-refractivity contribution in [1.82, 2.24) is 14.7 Å². The highest BCUT2D eigenvalue weighted by atomic mass is 16.2. The fourth-order valence-electron chi connectivity index (χ4n) is 1.89. The van der Waals surface area contributed by atoms with Gasteiger partial charge in [-0.2, -0.15) is 5.10 Å². The van der Waals surface area contributed by atoms with E-state index in [0.29, 0.717) is 11.7 Å². The lowest BCUT2D eigenvalue weighted by Crippen LogP contribution is -2.36. The topological polar surface area (TPSA) is 64.2 Å². The summed E-state index contributed by atoms with van der Waals surface area (Å²) in [7, 11) is 1.85. The van der Waals surface area contributed by atoms with E-state index < -0.39 is 0 Å². The Hall–Kier alpha value is -1.52. The number of hydrogen-bond acceptors (Lipinski definition) is 3. The number of nitrogens with zero attached hydrogens (tertiary/aromatic N) is 3. The van der Waals surface area contributed by atoms with Gasteiger partial charge in [-0.05, 0) is 24.8 Å². The molecule has 0 spiro atoms. The first-order chi connectivity index (χ1) is 7.65. The van der Waals surface area contributed by atoms with Crippen molar-refractivity contribution >= 4 is 11.7 Å². The molecule has 2 N–H and O–H groups in total. The molecule has 1 aliphatic rings. The molecule has 88 valence electrons. The minimum absolute atomic E-state index is 0.0926. The quantitative estimate of drug-likeness (QED) is 0.816. The van der Waals surface area contributed by atoms with Gasteiger partial charge in [-0.25, -0.2) is 0 Å². The molecule has 5 heteroatoms. The Bertz CT molecular complexity index is 370. The second-order valence-corrected chi connectivity index (χ2v) is 4.51. The average Bonchev–Trinajstić information content (AvgIpc) is 2.57. The van der Waals surface area contributed by atoms with Crippen molar-refractivity contribution in [3.63, 3.8) is 0 Å². The number of carbonyl (C=O) groups excluding carboxylic acids is 1. The van der Waals surface area contributed by atoms with Crippen LogP contribution in [-0.4, -0.2) is 34.2 Å². The molecule has 0 saturated heterocycles. The van der Waals surface area contributed by atoms with E-state index in [4.69, 9.17) is 5.73 Å². The molecule has 0 aliphatic heterocycles. The lowest BCUT2D eigenvalue weighted by atomic mass is 9.85. The van der Waals surface area contributed by atoms with Gasteiger partial charge in [-0.15, -0.1) is 0 Å². The number of rotatable bonds is 4. The van der Waals surface area contributed by atoms with Gasteiger partial charge in [-0.1, -0.05) is 6.42 Å². The minimum atomic E-state index is 0.0926. The molecule has 1 fully saturated rings. The van der Waals surface area contributed by atoms with Gasteiger partial charge in [0, 0.05) is 19.8 Å². The monoisotopic (exact) mass is 222 g/mol. The van der Waals surface area contributed by atoms with Crippen molar-refractivity contribution in [3.8, 4) is 0 Å². The Kier molecular flexibility index (Phi) is 3.12. The van der Waals surface area contributed by atoms with Crippen LogP contribution in [0.1, 0.15) is 19.3 Å². The van der Waals surface area contributed by atoms with Gasteiger partial charge < -0.3 is 10.6 Å². The maximum Gasteiger partial charge on any atom is 0.244 e.